The van der Waals surface area contributed by atoms with Crippen LogP contribution >= 0.6 is 0 Å². The Kier molecular flexibility index (Phi) is 2.98. The van der Waals surface area contributed by atoms with Gasteiger partial charge in [0.2, 0.25) is 11.9 Å². The summed E-state index contributed by atoms with van der Waals surface area (Å²) in [6, 6.07) is 0.856. The molecule has 1 aromatic heterocycles. The van der Waals surface area contributed by atoms with Gasteiger partial charge in [-0.3, -0.25) is 14.5 Å². The standard InChI is InChI=1S/C9H13N7O2/c1-16-7(17)2-4(8(16)18)12-5-3-6(15-11)14-9(10)13-5/h3-4H,2,11H2,1H3,(H4,10,12,13,14,15). The maximum atomic E-state index is 11.7. The molecular formula is C9H13N7O2. The highest BCUT2D eigenvalue weighted by atomic mass is 16.2. The predicted octanol–water partition coefficient (Wildman–Crippen LogP) is -1.49. The second kappa shape index (κ2) is 4.45. The van der Waals surface area contributed by atoms with Gasteiger partial charge in [-0.2, -0.15) is 9.97 Å². The molecule has 0 aromatic carbocycles. The van der Waals surface area contributed by atoms with Gasteiger partial charge in [-0.25, -0.2) is 5.84 Å². The monoisotopic (exact) mass is 251 g/mol. The average Bonchev–Trinajstić information content (AvgIpc) is 2.56. The molecule has 1 fully saturated rings. The highest BCUT2D eigenvalue weighted by Crippen LogP contribution is 2.18. The van der Waals surface area contributed by atoms with Gasteiger partial charge in [0.15, 0.2) is 0 Å². The molecule has 9 heteroatoms. The van der Waals surface area contributed by atoms with Crippen molar-refractivity contribution in [1.82, 2.24) is 14.9 Å². The zero-order chi connectivity index (χ0) is 13.3. The summed E-state index contributed by atoms with van der Waals surface area (Å²) in [6.07, 6.45) is 0.0879. The lowest BCUT2D eigenvalue weighted by Gasteiger charge is -2.12. The van der Waals surface area contributed by atoms with E-state index in [0.717, 1.165) is 4.90 Å². The molecule has 0 radical (unpaired) electrons. The Bertz CT molecular complexity index is 504. The largest absolute Gasteiger partial charge is 0.368 e. The molecule has 1 aromatic rings. The molecule has 18 heavy (non-hydrogen) atoms. The number of hydrogen-bond donors (Lipinski definition) is 4. The number of hydrogen-bond acceptors (Lipinski definition) is 8. The van der Waals surface area contributed by atoms with Gasteiger partial charge in [0.25, 0.3) is 5.91 Å². The highest BCUT2D eigenvalue weighted by Gasteiger charge is 2.36. The molecule has 1 aliphatic heterocycles. The zero-order valence-electron chi connectivity index (χ0n) is 9.67. The van der Waals surface area contributed by atoms with Crippen LogP contribution < -0.4 is 22.3 Å². The minimum absolute atomic E-state index is 0.0121. The molecule has 2 amide bonds. The SMILES string of the molecule is CN1C(=O)CC(Nc2cc(NN)nc(N)n2)C1=O. The average molecular weight is 251 g/mol. The fraction of sp³-hybridized carbons (Fsp3) is 0.333. The van der Waals surface area contributed by atoms with E-state index in [9.17, 15) is 9.59 Å². The molecule has 2 heterocycles. The Morgan fingerprint density at radius 2 is 2.06 bits per heavy atom. The van der Waals surface area contributed by atoms with Crippen molar-refractivity contribution >= 4 is 29.4 Å². The first-order valence-electron chi connectivity index (χ1n) is 5.19. The first kappa shape index (κ1) is 12.0. The number of likely N-dealkylation sites (tertiary alicyclic amines) is 1. The number of amides is 2. The van der Waals surface area contributed by atoms with Gasteiger partial charge in [0, 0.05) is 13.1 Å². The van der Waals surface area contributed by atoms with Crippen LogP contribution in [0.25, 0.3) is 0 Å². The first-order valence-corrected chi connectivity index (χ1v) is 5.19. The van der Waals surface area contributed by atoms with Gasteiger partial charge in [0.05, 0.1) is 6.42 Å². The van der Waals surface area contributed by atoms with Crippen molar-refractivity contribution in [2.24, 2.45) is 5.84 Å². The van der Waals surface area contributed by atoms with Crippen LogP contribution in [0.4, 0.5) is 17.6 Å². The maximum Gasteiger partial charge on any atom is 0.251 e. The van der Waals surface area contributed by atoms with E-state index < -0.39 is 6.04 Å². The number of nitrogens with zero attached hydrogens (tertiary/aromatic N) is 3. The number of carbonyl (C=O) groups is 2. The number of nitrogens with two attached hydrogens (primary N) is 2. The molecule has 1 unspecified atom stereocenters. The lowest BCUT2D eigenvalue weighted by atomic mass is 10.2. The molecule has 6 N–H and O–H groups in total. The third-order valence-corrected chi connectivity index (χ3v) is 2.59. The topological polar surface area (TPSA) is 139 Å². The number of likely N-dealkylation sites (N-methyl/N-ethyl adjacent to an activating group) is 1. The van der Waals surface area contributed by atoms with Crippen molar-refractivity contribution < 1.29 is 9.59 Å². The van der Waals surface area contributed by atoms with Crippen molar-refractivity contribution in [3.8, 4) is 0 Å². The molecular weight excluding hydrogens is 238 g/mol. The smallest absolute Gasteiger partial charge is 0.251 e. The van der Waals surface area contributed by atoms with Crippen LogP contribution in [0.5, 0.6) is 0 Å². The van der Waals surface area contributed by atoms with E-state index in [1.165, 1.54) is 13.1 Å². The van der Waals surface area contributed by atoms with Crippen molar-refractivity contribution in [3.05, 3.63) is 6.07 Å². The second-order valence-electron chi connectivity index (χ2n) is 3.83. The van der Waals surface area contributed by atoms with E-state index in [2.05, 4.69) is 20.7 Å². The van der Waals surface area contributed by atoms with Gasteiger partial charge < -0.3 is 16.5 Å². The van der Waals surface area contributed by atoms with Gasteiger partial charge in [-0.05, 0) is 0 Å². The summed E-state index contributed by atoms with van der Waals surface area (Å²) >= 11 is 0. The van der Waals surface area contributed by atoms with Gasteiger partial charge in [0.1, 0.15) is 17.7 Å². The summed E-state index contributed by atoms with van der Waals surface area (Å²) in [5.74, 6) is 5.33. The normalized spacial score (nSPS) is 19.2. The van der Waals surface area contributed by atoms with Crippen LogP contribution in [-0.4, -0.2) is 39.8 Å². The molecule has 1 saturated heterocycles. The number of imide groups is 1. The first-order chi connectivity index (χ1) is 8.51. The quantitative estimate of drug-likeness (QED) is 0.289. The summed E-state index contributed by atoms with van der Waals surface area (Å²) in [5, 5.41) is 2.83. The summed E-state index contributed by atoms with van der Waals surface area (Å²) in [6.45, 7) is 0. The van der Waals surface area contributed by atoms with Crippen LogP contribution in [0.15, 0.2) is 6.07 Å². The Balaban J connectivity index is 2.17. The number of nitrogen functional groups attached to an aromatic ring is 2. The molecule has 0 aliphatic carbocycles. The van der Waals surface area contributed by atoms with E-state index in [4.69, 9.17) is 11.6 Å². The number of nitrogens with one attached hydrogen (secondary N) is 2. The van der Waals surface area contributed by atoms with Crippen molar-refractivity contribution in [3.63, 3.8) is 0 Å². The van der Waals surface area contributed by atoms with E-state index in [0.29, 0.717) is 11.6 Å². The number of rotatable bonds is 3. The lowest BCUT2D eigenvalue weighted by molar-refractivity contribution is -0.136. The fourth-order valence-electron chi connectivity index (χ4n) is 1.66. The van der Waals surface area contributed by atoms with Crippen LogP contribution in [0.2, 0.25) is 0 Å². The molecule has 1 atom stereocenters. The molecule has 0 bridgehead atoms. The molecule has 9 nitrogen and oxygen atoms in total. The third-order valence-electron chi connectivity index (χ3n) is 2.59. The molecule has 1 aliphatic rings. The van der Waals surface area contributed by atoms with Crippen LogP contribution in [-0.2, 0) is 9.59 Å². The summed E-state index contributed by atoms with van der Waals surface area (Å²) in [4.78, 5) is 31.8. The number of aromatic nitrogens is 2. The summed E-state index contributed by atoms with van der Waals surface area (Å²) in [7, 11) is 1.44. The lowest BCUT2D eigenvalue weighted by Crippen LogP contribution is -2.32. The molecule has 96 valence electrons. The van der Waals surface area contributed by atoms with Crippen molar-refractivity contribution in [1.29, 1.82) is 0 Å². The molecule has 0 spiro atoms. The maximum absolute atomic E-state index is 11.7. The Labute approximate surface area is 103 Å². The van der Waals surface area contributed by atoms with Crippen LogP contribution in [0.1, 0.15) is 6.42 Å². The van der Waals surface area contributed by atoms with Gasteiger partial charge in [-0.1, -0.05) is 0 Å². The highest BCUT2D eigenvalue weighted by molar-refractivity contribution is 6.06. The number of carbonyl (C=O) groups excluding carboxylic acids is 2. The van der Waals surface area contributed by atoms with Crippen LogP contribution in [0.3, 0.4) is 0 Å². The molecule has 0 saturated carbocycles. The molecule has 2 rings (SSSR count). The Morgan fingerprint density at radius 1 is 1.39 bits per heavy atom. The summed E-state index contributed by atoms with van der Waals surface area (Å²) in [5.41, 5.74) is 7.81. The van der Waals surface area contributed by atoms with Crippen molar-refractivity contribution in [2.75, 3.05) is 23.5 Å². The number of anilines is 3. The van der Waals surface area contributed by atoms with E-state index in [1.54, 1.807) is 0 Å². The van der Waals surface area contributed by atoms with E-state index in [-0.39, 0.29) is 24.2 Å². The van der Waals surface area contributed by atoms with E-state index >= 15 is 0 Å². The Hall–Kier alpha value is -2.42. The van der Waals surface area contributed by atoms with Crippen LogP contribution in [0, 0.1) is 0 Å². The van der Waals surface area contributed by atoms with Crippen molar-refractivity contribution in [2.45, 2.75) is 12.5 Å². The minimum Gasteiger partial charge on any atom is -0.368 e. The fourth-order valence-corrected chi connectivity index (χ4v) is 1.66. The Morgan fingerprint density at radius 3 is 2.61 bits per heavy atom. The predicted molar refractivity (Wildman–Crippen MR) is 64.1 cm³/mol. The third kappa shape index (κ3) is 2.15. The zero-order valence-corrected chi connectivity index (χ0v) is 9.67. The second-order valence-corrected chi connectivity index (χ2v) is 3.83. The summed E-state index contributed by atoms with van der Waals surface area (Å²) < 4.78 is 0. The van der Waals surface area contributed by atoms with Gasteiger partial charge >= 0.3 is 0 Å². The van der Waals surface area contributed by atoms with E-state index in [1.807, 2.05) is 0 Å². The minimum atomic E-state index is -0.637. The van der Waals surface area contributed by atoms with Gasteiger partial charge in [-0.15, -0.1) is 0 Å². The number of hydrazine groups is 1.